The topological polar surface area (TPSA) is 86.5 Å². The Balaban J connectivity index is 1.66. The number of esters is 1. The van der Waals surface area contributed by atoms with E-state index < -0.39 is 16.8 Å². The number of nitrogens with two attached hydrogens (primary N) is 1. The fraction of sp³-hybridized carbons (Fsp3) is 0.375. The second-order valence-corrected chi connectivity index (χ2v) is 8.80. The van der Waals surface area contributed by atoms with Gasteiger partial charge >= 0.3 is 5.97 Å². The van der Waals surface area contributed by atoms with Gasteiger partial charge in [0.1, 0.15) is 5.60 Å². The van der Waals surface area contributed by atoms with E-state index in [1.807, 2.05) is 60.7 Å². The molecule has 0 bridgehead atoms. The number of primary amides is 1. The lowest BCUT2D eigenvalue weighted by Gasteiger charge is -2.39. The molecule has 0 radical (unpaired) electrons. The summed E-state index contributed by atoms with van der Waals surface area (Å²) < 4.78 is 5.96. The number of unbranched alkanes of at least 4 members (excludes halogenated alkanes) is 1. The number of carbonyl (C=O) groups excluding carboxylic acids is 3. The van der Waals surface area contributed by atoms with Crippen LogP contribution in [0.5, 0.6) is 0 Å². The van der Waals surface area contributed by atoms with E-state index in [2.05, 4.69) is 0 Å². The minimum Gasteiger partial charge on any atom is -0.453 e. The Labute approximate surface area is 181 Å². The number of ether oxygens (including phenoxy) is 1. The van der Waals surface area contributed by atoms with E-state index >= 15 is 0 Å². The number of cyclic esters (lactones) is 1. The van der Waals surface area contributed by atoms with E-state index in [0.717, 1.165) is 12.0 Å². The van der Waals surface area contributed by atoms with Gasteiger partial charge in [-0.3, -0.25) is 14.4 Å². The SMILES string of the molecule is NC(=O)CCCCC1(c2ccccc2)CC(=O)C(SCCc2ccccc2)C(=O)O1. The van der Waals surface area contributed by atoms with Gasteiger partial charge < -0.3 is 10.5 Å². The number of ketones is 1. The first-order valence-electron chi connectivity index (χ1n) is 10.3. The molecule has 2 aromatic rings. The fourth-order valence-electron chi connectivity index (χ4n) is 3.78. The number of Topliss-reactive ketones (excluding diaryl/α,β-unsaturated/α-hetero) is 1. The third-order valence-electron chi connectivity index (χ3n) is 5.33. The van der Waals surface area contributed by atoms with Gasteiger partial charge in [0, 0.05) is 6.42 Å². The van der Waals surface area contributed by atoms with Crippen LogP contribution in [0, 0.1) is 0 Å². The minimum absolute atomic E-state index is 0.0944. The molecule has 1 heterocycles. The quantitative estimate of drug-likeness (QED) is 0.356. The highest BCUT2D eigenvalue weighted by Gasteiger charge is 2.47. The maximum atomic E-state index is 13.0. The number of hydrogen-bond acceptors (Lipinski definition) is 5. The summed E-state index contributed by atoms with van der Waals surface area (Å²) in [5.74, 6) is -0.242. The first kappa shape index (κ1) is 22.1. The highest BCUT2D eigenvalue weighted by atomic mass is 32.2. The second-order valence-electron chi connectivity index (χ2n) is 7.58. The number of hydrogen-bond donors (Lipinski definition) is 1. The Kier molecular flexibility index (Phi) is 7.69. The molecule has 30 heavy (non-hydrogen) atoms. The van der Waals surface area contributed by atoms with Crippen molar-refractivity contribution >= 4 is 29.4 Å². The molecule has 1 fully saturated rings. The largest absolute Gasteiger partial charge is 0.453 e. The fourth-order valence-corrected chi connectivity index (χ4v) is 4.83. The number of carbonyl (C=O) groups is 3. The Morgan fingerprint density at radius 3 is 2.33 bits per heavy atom. The van der Waals surface area contributed by atoms with Crippen molar-refractivity contribution in [3.05, 3.63) is 71.8 Å². The van der Waals surface area contributed by atoms with Crippen molar-refractivity contribution < 1.29 is 19.1 Å². The minimum atomic E-state index is -0.969. The summed E-state index contributed by atoms with van der Waals surface area (Å²) in [6, 6.07) is 19.4. The van der Waals surface area contributed by atoms with Gasteiger partial charge in [0.15, 0.2) is 11.0 Å². The molecular weight excluding hydrogens is 398 g/mol. The molecular formula is C24H27NO4S. The number of thioether (sulfide) groups is 1. The second kappa shape index (κ2) is 10.4. The standard InChI is InChI=1S/C24H27NO4S/c25-21(27)13-7-8-15-24(19-11-5-2-6-12-19)17-20(26)22(23(28)29-24)30-16-14-18-9-3-1-4-10-18/h1-6,9-12,22H,7-8,13-17H2,(H2,25,27). The molecule has 0 aliphatic carbocycles. The molecule has 1 aliphatic rings. The van der Waals surface area contributed by atoms with E-state index in [1.54, 1.807) is 0 Å². The molecule has 0 spiro atoms. The summed E-state index contributed by atoms with van der Waals surface area (Å²) in [5.41, 5.74) is 6.25. The van der Waals surface area contributed by atoms with Crippen LogP contribution in [0.2, 0.25) is 0 Å². The van der Waals surface area contributed by atoms with Crippen molar-refractivity contribution in [3.63, 3.8) is 0 Å². The Morgan fingerprint density at radius 2 is 1.70 bits per heavy atom. The van der Waals surface area contributed by atoms with Gasteiger partial charge in [0.2, 0.25) is 5.91 Å². The zero-order valence-electron chi connectivity index (χ0n) is 16.9. The Morgan fingerprint density at radius 1 is 1.03 bits per heavy atom. The van der Waals surface area contributed by atoms with Gasteiger partial charge in [-0.25, -0.2) is 0 Å². The van der Waals surface area contributed by atoms with Crippen molar-refractivity contribution in [2.75, 3.05) is 5.75 Å². The highest BCUT2D eigenvalue weighted by Crippen LogP contribution is 2.41. The molecule has 5 nitrogen and oxygen atoms in total. The third kappa shape index (κ3) is 5.72. The van der Waals surface area contributed by atoms with Gasteiger partial charge in [-0.05, 0) is 42.6 Å². The van der Waals surface area contributed by atoms with Crippen molar-refractivity contribution in [1.29, 1.82) is 0 Å². The molecule has 1 aliphatic heterocycles. The molecule has 6 heteroatoms. The maximum Gasteiger partial charge on any atom is 0.327 e. The van der Waals surface area contributed by atoms with Gasteiger partial charge in [-0.15, -0.1) is 11.8 Å². The monoisotopic (exact) mass is 425 g/mol. The first-order chi connectivity index (χ1) is 14.5. The van der Waals surface area contributed by atoms with E-state index in [-0.39, 0.29) is 24.5 Å². The summed E-state index contributed by atoms with van der Waals surface area (Å²) in [5, 5.41) is -0.781. The van der Waals surface area contributed by atoms with Crippen LogP contribution in [-0.4, -0.2) is 28.7 Å². The zero-order chi connectivity index (χ0) is 21.4. The van der Waals surface area contributed by atoms with Crippen LogP contribution >= 0.6 is 11.8 Å². The van der Waals surface area contributed by atoms with Crippen LogP contribution in [0.15, 0.2) is 60.7 Å². The molecule has 0 saturated carbocycles. The molecule has 2 N–H and O–H groups in total. The molecule has 1 saturated heterocycles. The van der Waals surface area contributed by atoms with Crippen LogP contribution in [0.3, 0.4) is 0 Å². The number of benzene rings is 2. The van der Waals surface area contributed by atoms with Gasteiger partial charge in [-0.2, -0.15) is 0 Å². The predicted octanol–water partition coefficient (Wildman–Crippen LogP) is 3.79. The average molecular weight is 426 g/mol. The van der Waals surface area contributed by atoms with E-state index in [1.165, 1.54) is 17.3 Å². The Bertz CT molecular complexity index is 851. The van der Waals surface area contributed by atoms with Crippen LogP contribution < -0.4 is 5.73 Å². The molecule has 1 amide bonds. The van der Waals surface area contributed by atoms with Gasteiger partial charge in [-0.1, -0.05) is 60.7 Å². The molecule has 2 atom stereocenters. The number of rotatable bonds is 10. The Hall–Kier alpha value is -2.60. The van der Waals surface area contributed by atoms with Crippen molar-refractivity contribution in [3.8, 4) is 0 Å². The molecule has 158 valence electrons. The summed E-state index contributed by atoms with van der Waals surface area (Å²) in [6.07, 6.45) is 2.96. The van der Waals surface area contributed by atoms with E-state index in [4.69, 9.17) is 10.5 Å². The van der Waals surface area contributed by atoms with Crippen LogP contribution in [0.4, 0.5) is 0 Å². The smallest absolute Gasteiger partial charge is 0.327 e. The van der Waals surface area contributed by atoms with Crippen LogP contribution in [0.1, 0.15) is 43.2 Å². The summed E-state index contributed by atoms with van der Waals surface area (Å²) in [7, 11) is 0. The van der Waals surface area contributed by atoms with E-state index in [0.29, 0.717) is 25.0 Å². The highest BCUT2D eigenvalue weighted by molar-refractivity contribution is 8.01. The van der Waals surface area contributed by atoms with Gasteiger partial charge in [0.25, 0.3) is 0 Å². The first-order valence-corrected chi connectivity index (χ1v) is 11.3. The average Bonchev–Trinajstić information content (AvgIpc) is 2.74. The van der Waals surface area contributed by atoms with Crippen molar-refractivity contribution in [2.24, 2.45) is 5.73 Å². The molecule has 0 aromatic heterocycles. The molecule has 2 unspecified atom stereocenters. The zero-order valence-corrected chi connectivity index (χ0v) is 17.7. The predicted molar refractivity (Wildman–Crippen MR) is 118 cm³/mol. The molecule has 3 rings (SSSR count). The summed E-state index contributed by atoms with van der Waals surface area (Å²) >= 11 is 1.35. The lowest BCUT2D eigenvalue weighted by atomic mass is 9.81. The maximum absolute atomic E-state index is 13.0. The summed E-state index contributed by atoms with van der Waals surface area (Å²) in [6.45, 7) is 0. The van der Waals surface area contributed by atoms with Crippen LogP contribution in [-0.2, 0) is 31.1 Å². The normalized spacial score (nSPS) is 21.3. The van der Waals surface area contributed by atoms with Crippen molar-refractivity contribution in [2.45, 2.75) is 49.4 Å². The number of aryl methyl sites for hydroxylation is 1. The lowest BCUT2D eigenvalue weighted by Crippen LogP contribution is -2.47. The molecule has 2 aromatic carbocycles. The van der Waals surface area contributed by atoms with Crippen LogP contribution in [0.25, 0.3) is 0 Å². The summed E-state index contributed by atoms with van der Waals surface area (Å²) in [4.78, 5) is 36.9. The van der Waals surface area contributed by atoms with Crippen molar-refractivity contribution in [1.82, 2.24) is 0 Å². The number of amides is 1. The van der Waals surface area contributed by atoms with Gasteiger partial charge in [0.05, 0.1) is 6.42 Å². The van der Waals surface area contributed by atoms with E-state index in [9.17, 15) is 14.4 Å². The lowest BCUT2D eigenvalue weighted by molar-refractivity contribution is -0.172. The third-order valence-corrected chi connectivity index (χ3v) is 6.56.